The Labute approximate surface area is 150 Å². The van der Waals surface area contributed by atoms with E-state index in [2.05, 4.69) is 31.0 Å². The van der Waals surface area contributed by atoms with Crippen LogP contribution in [0.5, 0.6) is 11.5 Å². The molecule has 1 saturated heterocycles. The van der Waals surface area contributed by atoms with Gasteiger partial charge in [0.2, 0.25) is 0 Å². The SMILES string of the molecule is COc1cc(F)cc([C@@H](N2CCNCC2)C(C)(C)C)c1O.Cl.Cl. The zero-order valence-electron chi connectivity index (χ0n) is 14.1. The van der Waals surface area contributed by atoms with Crippen molar-refractivity contribution in [2.45, 2.75) is 26.8 Å². The number of halogens is 3. The smallest absolute Gasteiger partial charge is 0.163 e. The van der Waals surface area contributed by atoms with Gasteiger partial charge in [-0.1, -0.05) is 20.8 Å². The molecule has 0 spiro atoms. The average molecular weight is 369 g/mol. The van der Waals surface area contributed by atoms with Crippen LogP contribution in [0.2, 0.25) is 0 Å². The number of hydrogen-bond acceptors (Lipinski definition) is 4. The molecule has 4 nitrogen and oxygen atoms in total. The second-order valence-electron chi connectivity index (χ2n) is 6.60. The fourth-order valence-electron chi connectivity index (χ4n) is 3.11. The van der Waals surface area contributed by atoms with Crippen LogP contribution in [-0.4, -0.2) is 43.3 Å². The monoisotopic (exact) mass is 368 g/mol. The molecule has 1 aromatic carbocycles. The number of nitrogens with zero attached hydrogens (tertiary/aromatic N) is 1. The molecule has 7 heteroatoms. The van der Waals surface area contributed by atoms with E-state index in [1.807, 2.05) is 0 Å². The minimum Gasteiger partial charge on any atom is -0.504 e. The molecular formula is C16H27Cl2FN2O2. The van der Waals surface area contributed by atoms with Crippen molar-refractivity contribution in [1.29, 1.82) is 0 Å². The summed E-state index contributed by atoms with van der Waals surface area (Å²) in [5.74, 6) is -0.157. The molecule has 0 bridgehead atoms. The van der Waals surface area contributed by atoms with Crippen LogP contribution >= 0.6 is 24.8 Å². The van der Waals surface area contributed by atoms with Crippen LogP contribution in [-0.2, 0) is 0 Å². The molecule has 23 heavy (non-hydrogen) atoms. The number of ether oxygens (including phenoxy) is 1. The normalized spacial score (nSPS) is 16.9. The lowest BCUT2D eigenvalue weighted by Gasteiger charge is -2.42. The Morgan fingerprint density at radius 1 is 1.22 bits per heavy atom. The standard InChI is InChI=1S/C16H25FN2O2.2ClH/c1-16(2,3)15(19-7-5-18-6-8-19)12-9-11(17)10-13(21-4)14(12)20;;/h9-10,15,18,20H,5-8H2,1-4H3;2*1H/t15-;;/m1../s1. The molecule has 0 amide bonds. The van der Waals surface area contributed by atoms with E-state index in [-0.39, 0.29) is 53.6 Å². The number of aromatic hydroxyl groups is 1. The molecule has 1 heterocycles. The van der Waals surface area contributed by atoms with Gasteiger partial charge in [0.15, 0.2) is 11.5 Å². The van der Waals surface area contributed by atoms with Crippen LogP contribution in [0.4, 0.5) is 4.39 Å². The highest BCUT2D eigenvalue weighted by Gasteiger charge is 2.35. The van der Waals surface area contributed by atoms with E-state index in [9.17, 15) is 9.50 Å². The molecule has 0 aliphatic carbocycles. The first-order chi connectivity index (χ1) is 9.84. The summed E-state index contributed by atoms with van der Waals surface area (Å²) in [4.78, 5) is 2.30. The first-order valence-corrected chi connectivity index (χ1v) is 7.35. The van der Waals surface area contributed by atoms with Gasteiger partial charge in [0, 0.05) is 43.9 Å². The minimum absolute atomic E-state index is 0. The van der Waals surface area contributed by atoms with Crippen molar-refractivity contribution in [1.82, 2.24) is 10.2 Å². The molecular weight excluding hydrogens is 342 g/mol. The summed E-state index contributed by atoms with van der Waals surface area (Å²) >= 11 is 0. The number of phenols is 1. The number of methoxy groups -OCH3 is 1. The molecule has 134 valence electrons. The molecule has 2 rings (SSSR count). The fraction of sp³-hybridized carbons (Fsp3) is 0.625. The topological polar surface area (TPSA) is 44.7 Å². The van der Waals surface area contributed by atoms with E-state index in [0.717, 1.165) is 26.2 Å². The number of phenolic OH excluding ortho intramolecular Hbond substituents is 1. The van der Waals surface area contributed by atoms with E-state index in [4.69, 9.17) is 4.74 Å². The number of benzene rings is 1. The molecule has 1 aromatic rings. The van der Waals surface area contributed by atoms with Gasteiger partial charge in [-0.05, 0) is 11.5 Å². The second-order valence-corrected chi connectivity index (χ2v) is 6.60. The van der Waals surface area contributed by atoms with Crippen molar-refractivity contribution in [2.24, 2.45) is 5.41 Å². The highest BCUT2D eigenvalue weighted by molar-refractivity contribution is 5.85. The Balaban J connectivity index is 0.00000242. The first-order valence-electron chi connectivity index (χ1n) is 7.35. The van der Waals surface area contributed by atoms with Crippen LogP contribution in [0.1, 0.15) is 32.4 Å². The number of hydrogen-bond donors (Lipinski definition) is 2. The van der Waals surface area contributed by atoms with Crippen LogP contribution in [0, 0.1) is 11.2 Å². The maximum absolute atomic E-state index is 13.9. The maximum atomic E-state index is 13.9. The molecule has 1 aliphatic rings. The average Bonchev–Trinajstić information content (AvgIpc) is 2.42. The zero-order valence-corrected chi connectivity index (χ0v) is 15.7. The molecule has 0 saturated carbocycles. The molecule has 0 unspecified atom stereocenters. The lowest BCUT2D eigenvalue weighted by atomic mass is 9.80. The summed E-state index contributed by atoms with van der Waals surface area (Å²) in [5, 5.41) is 13.8. The predicted molar refractivity (Wildman–Crippen MR) is 95.8 cm³/mol. The van der Waals surface area contributed by atoms with Gasteiger partial charge in [0.25, 0.3) is 0 Å². The van der Waals surface area contributed by atoms with E-state index >= 15 is 0 Å². The van der Waals surface area contributed by atoms with Crippen molar-refractivity contribution >= 4 is 24.8 Å². The van der Waals surface area contributed by atoms with Crippen LogP contribution in [0.15, 0.2) is 12.1 Å². The third-order valence-electron chi connectivity index (χ3n) is 3.92. The highest BCUT2D eigenvalue weighted by Crippen LogP contribution is 2.45. The minimum atomic E-state index is -0.385. The second kappa shape index (κ2) is 8.92. The van der Waals surface area contributed by atoms with Gasteiger partial charge < -0.3 is 15.2 Å². The van der Waals surface area contributed by atoms with Crippen molar-refractivity contribution in [3.05, 3.63) is 23.5 Å². The van der Waals surface area contributed by atoms with Gasteiger partial charge in [-0.25, -0.2) is 4.39 Å². The third kappa shape index (κ3) is 5.11. The van der Waals surface area contributed by atoms with Gasteiger partial charge in [0.1, 0.15) is 5.82 Å². The molecule has 1 aliphatic heterocycles. The van der Waals surface area contributed by atoms with Crippen molar-refractivity contribution < 1.29 is 14.2 Å². The third-order valence-corrected chi connectivity index (χ3v) is 3.92. The summed E-state index contributed by atoms with van der Waals surface area (Å²) in [6.07, 6.45) is 0. The van der Waals surface area contributed by atoms with Crippen molar-refractivity contribution in [3.8, 4) is 11.5 Å². The summed E-state index contributed by atoms with van der Waals surface area (Å²) < 4.78 is 19.0. The van der Waals surface area contributed by atoms with Crippen LogP contribution < -0.4 is 10.1 Å². The lowest BCUT2D eigenvalue weighted by molar-refractivity contribution is 0.0836. The predicted octanol–water partition coefficient (Wildman–Crippen LogP) is 3.38. The molecule has 0 radical (unpaired) electrons. The van der Waals surface area contributed by atoms with E-state index in [1.165, 1.54) is 19.2 Å². The quantitative estimate of drug-likeness (QED) is 0.858. The van der Waals surface area contributed by atoms with E-state index in [1.54, 1.807) is 0 Å². The van der Waals surface area contributed by atoms with Gasteiger partial charge >= 0.3 is 0 Å². The summed E-state index contributed by atoms with van der Waals surface area (Å²) in [6.45, 7) is 9.88. The first kappa shape index (κ1) is 22.2. The molecule has 1 fully saturated rings. The largest absolute Gasteiger partial charge is 0.504 e. The van der Waals surface area contributed by atoms with Crippen LogP contribution in [0.3, 0.4) is 0 Å². The van der Waals surface area contributed by atoms with Crippen molar-refractivity contribution in [2.75, 3.05) is 33.3 Å². The lowest BCUT2D eigenvalue weighted by Crippen LogP contribution is -2.48. The number of rotatable bonds is 3. The maximum Gasteiger partial charge on any atom is 0.163 e. The zero-order chi connectivity index (χ0) is 15.6. The highest BCUT2D eigenvalue weighted by atomic mass is 35.5. The summed E-state index contributed by atoms with van der Waals surface area (Å²) in [7, 11) is 1.44. The Morgan fingerprint density at radius 3 is 2.26 bits per heavy atom. The Kier molecular flexibility index (Phi) is 8.63. The Bertz CT molecular complexity index is 504. The van der Waals surface area contributed by atoms with Crippen LogP contribution in [0.25, 0.3) is 0 Å². The van der Waals surface area contributed by atoms with E-state index < -0.39 is 0 Å². The van der Waals surface area contributed by atoms with E-state index in [0.29, 0.717) is 5.56 Å². The summed E-state index contributed by atoms with van der Waals surface area (Å²) in [5.41, 5.74) is 0.467. The summed E-state index contributed by atoms with van der Waals surface area (Å²) in [6, 6.07) is 2.58. The molecule has 2 N–H and O–H groups in total. The van der Waals surface area contributed by atoms with Gasteiger partial charge in [-0.2, -0.15) is 0 Å². The molecule has 1 atom stereocenters. The van der Waals surface area contributed by atoms with Crippen molar-refractivity contribution in [3.63, 3.8) is 0 Å². The van der Waals surface area contributed by atoms with Gasteiger partial charge in [-0.3, -0.25) is 4.90 Å². The molecule has 0 aromatic heterocycles. The Hall–Kier alpha value is -0.750. The number of piperazine rings is 1. The fourth-order valence-corrected chi connectivity index (χ4v) is 3.11. The van der Waals surface area contributed by atoms with Gasteiger partial charge in [-0.15, -0.1) is 24.8 Å². The number of nitrogens with one attached hydrogen (secondary N) is 1. The van der Waals surface area contributed by atoms with Gasteiger partial charge in [0.05, 0.1) is 7.11 Å². The Morgan fingerprint density at radius 2 is 1.78 bits per heavy atom.